The SMILES string of the molecule is CCC[C@H](C(=O)O)[C@H](NC(=O)OC(C)(C)C)C(=O)N1CCCC1. The molecule has 0 spiro atoms. The molecule has 1 aliphatic rings. The molecule has 2 N–H and O–H groups in total. The number of nitrogens with one attached hydrogen (secondary N) is 1. The predicted octanol–water partition coefficient (Wildman–Crippen LogP) is 2.00. The van der Waals surface area contributed by atoms with Crippen LogP contribution in [0.3, 0.4) is 0 Å². The zero-order valence-electron chi connectivity index (χ0n) is 14.4. The number of alkyl carbamates (subject to hydrolysis) is 1. The van der Waals surface area contributed by atoms with Crippen molar-refractivity contribution in [2.24, 2.45) is 5.92 Å². The summed E-state index contributed by atoms with van der Waals surface area (Å²) in [7, 11) is 0. The van der Waals surface area contributed by atoms with Gasteiger partial charge in [-0.1, -0.05) is 13.3 Å². The molecule has 0 aromatic carbocycles. The van der Waals surface area contributed by atoms with Gasteiger partial charge in [0.05, 0.1) is 5.92 Å². The fourth-order valence-electron chi connectivity index (χ4n) is 2.65. The van der Waals surface area contributed by atoms with Crippen molar-refractivity contribution in [3.63, 3.8) is 0 Å². The van der Waals surface area contributed by atoms with Crippen molar-refractivity contribution in [2.75, 3.05) is 13.1 Å². The molecule has 0 aromatic rings. The van der Waals surface area contributed by atoms with E-state index in [0.717, 1.165) is 12.8 Å². The zero-order valence-corrected chi connectivity index (χ0v) is 14.4. The lowest BCUT2D eigenvalue weighted by Gasteiger charge is -2.29. The summed E-state index contributed by atoms with van der Waals surface area (Å²) < 4.78 is 5.18. The Morgan fingerprint density at radius 3 is 2.22 bits per heavy atom. The van der Waals surface area contributed by atoms with Gasteiger partial charge < -0.3 is 20.1 Å². The molecular weight excluding hydrogens is 300 g/mol. The molecule has 23 heavy (non-hydrogen) atoms. The molecule has 0 radical (unpaired) electrons. The fourth-order valence-corrected chi connectivity index (χ4v) is 2.65. The number of hydrogen-bond acceptors (Lipinski definition) is 4. The second-order valence-electron chi connectivity index (χ2n) is 6.89. The molecule has 1 saturated heterocycles. The van der Waals surface area contributed by atoms with Crippen molar-refractivity contribution in [2.45, 2.75) is 65.0 Å². The second-order valence-corrected chi connectivity index (χ2v) is 6.89. The van der Waals surface area contributed by atoms with E-state index in [-0.39, 0.29) is 5.91 Å². The Morgan fingerprint density at radius 1 is 1.22 bits per heavy atom. The molecular formula is C16H28N2O5. The molecule has 0 saturated carbocycles. The molecule has 7 heteroatoms. The maximum absolute atomic E-state index is 12.7. The van der Waals surface area contributed by atoms with E-state index in [2.05, 4.69) is 5.32 Å². The summed E-state index contributed by atoms with van der Waals surface area (Å²) in [6.07, 6.45) is 1.95. The van der Waals surface area contributed by atoms with Crippen LogP contribution in [0.25, 0.3) is 0 Å². The summed E-state index contributed by atoms with van der Waals surface area (Å²) in [6.45, 7) is 8.19. The minimum absolute atomic E-state index is 0.315. The van der Waals surface area contributed by atoms with Crippen LogP contribution in [0.1, 0.15) is 53.4 Å². The van der Waals surface area contributed by atoms with Crippen molar-refractivity contribution >= 4 is 18.0 Å². The Bertz CT molecular complexity index is 438. The largest absolute Gasteiger partial charge is 0.481 e. The van der Waals surface area contributed by atoms with Gasteiger partial charge in [-0.2, -0.15) is 0 Å². The molecule has 2 atom stereocenters. The summed E-state index contributed by atoms with van der Waals surface area (Å²) in [4.78, 5) is 37.9. The molecule has 0 bridgehead atoms. The van der Waals surface area contributed by atoms with Gasteiger partial charge in [0.1, 0.15) is 11.6 Å². The maximum atomic E-state index is 12.7. The van der Waals surface area contributed by atoms with Crippen LogP contribution in [0.2, 0.25) is 0 Å². The lowest BCUT2D eigenvalue weighted by Crippen LogP contribution is -2.54. The highest BCUT2D eigenvalue weighted by Crippen LogP contribution is 2.18. The summed E-state index contributed by atoms with van der Waals surface area (Å²) in [5, 5.41) is 11.9. The molecule has 0 unspecified atom stereocenters. The molecule has 1 aliphatic heterocycles. The van der Waals surface area contributed by atoms with Gasteiger partial charge >= 0.3 is 12.1 Å². The Hall–Kier alpha value is -1.79. The van der Waals surface area contributed by atoms with E-state index >= 15 is 0 Å². The van der Waals surface area contributed by atoms with E-state index in [9.17, 15) is 19.5 Å². The molecule has 132 valence electrons. The predicted molar refractivity (Wildman–Crippen MR) is 85.0 cm³/mol. The molecule has 1 fully saturated rings. The third-order valence-corrected chi connectivity index (χ3v) is 3.68. The number of aliphatic carboxylic acids is 1. The first-order chi connectivity index (χ1) is 10.7. The van der Waals surface area contributed by atoms with Crippen LogP contribution in [0.15, 0.2) is 0 Å². The minimum Gasteiger partial charge on any atom is -0.481 e. The van der Waals surface area contributed by atoms with E-state index in [1.165, 1.54) is 0 Å². The first-order valence-corrected chi connectivity index (χ1v) is 8.17. The van der Waals surface area contributed by atoms with Gasteiger partial charge in [-0.25, -0.2) is 4.79 Å². The van der Waals surface area contributed by atoms with E-state index in [4.69, 9.17) is 4.74 Å². The zero-order chi connectivity index (χ0) is 17.6. The van der Waals surface area contributed by atoms with E-state index in [1.54, 1.807) is 25.7 Å². The lowest BCUT2D eigenvalue weighted by atomic mass is 9.93. The highest BCUT2D eigenvalue weighted by molar-refractivity contribution is 5.90. The van der Waals surface area contributed by atoms with Crippen LogP contribution in [-0.4, -0.2) is 52.7 Å². The van der Waals surface area contributed by atoms with Gasteiger partial charge in [0.25, 0.3) is 0 Å². The average Bonchev–Trinajstić information content (AvgIpc) is 2.93. The lowest BCUT2D eigenvalue weighted by molar-refractivity contribution is -0.148. The van der Waals surface area contributed by atoms with Crippen molar-refractivity contribution in [3.05, 3.63) is 0 Å². The normalized spacial score (nSPS) is 17.5. The van der Waals surface area contributed by atoms with Crippen LogP contribution in [0.5, 0.6) is 0 Å². The number of nitrogens with zero attached hydrogens (tertiary/aromatic N) is 1. The van der Waals surface area contributed by atoms with Gasteiger partial charge in [0.15, 0.2) is 0 Å². The van der Waals surface area contributed by atoms with Crippen LogP contribution in [-0.2, 0) is 14.3 Å². The smallest absolute Gasteiger partial charge is 0.408 e. The van der Waals surface area contributed by atoms with Gasteiger partial charge in [-0.3, -0.25) is 9.59 Å². The van der Waals surface area contributed by atoms with Crippen molar-refractivity contribution in [1.29, 1.82) is 0 Å². The number of carboxylic acid groups (broad SMARTS) is 1. The molecule has 0 aromatic heterocycles. The summed E-state index contributed by atoms with van der Waals surface area (Å²) >= 11 is 0. The van der Waals surface area contributed by atoms with Crippen molar-refractivity contribution in [3.8, 4) is 0 Å². The second kappa shape index (κ2) is 8.17. The maximum Gasteiger partial charge on any atom is 0.408 e. The Labute approximate surface area is 137 Å². The standard InChI is InChI=1S/C16H28N2O5/c1-5-8-11(14(20)21)12(13(19)18-9-6-7-10-18)17-15(22)23-16(2,3)4/h11-12H,5-10H2,1-4H3,(H,17,22)(H,20,21)/t11-,12-/m0/s1. The van der Waals surface area contributed by atoms with Gasteiger partial charge in [-0.15, -0.1) is 0 Å². The summed E-state index contributed by atoms with van der Waals surface area (Å²) in [6, 6.07) is -1.10. The van der Waals surface area contributed by atoms with Crippen LogP contribution in [0.4, 0.5) is 4.79 Å². The monoisotopic (exact) mass is 328 g/mol. The number of ether oxygens (including phenoxy) is 1. The van der Waals surface area contributed by atoms with E-state index in [0.29, 0.717) is 25.9 Å². The Morgan fingerprint density at radius 2 is 1.78 bits per heavy atom. The number of rotatable bonds is 6. The van der Waals surface area contributed by atoms with Crippen molar-refractivity contribution < 1.29 is 24.2 Å². The highest BCUT2D eigenvalue weighted by Gasteiger charge is 2.38. The number of likely N-dealkylation sites (tertiary alicyclic amines) is 1. The third-order valence-electron chi connectivity index (χ3n) is 3.68. The summed E-state index contributed by atoms with van der Waals surface area (Å²) in [5.41, 5.74) is -0.713. The average molecular weight is 328 g/mol. The molecule has 0 aliphatic carbocycles. The topological polar surface area (TPSA) is 95.9 Å². The van der Waals surface area contributed by atoms with Gasteiger partial charge in [0, 0.05) is 13.1 Å². The Balaban J connectivity index is 2.92. The first-order valence-electron chi connectivity index (χ1n) is 8.17. The highest BCUT2D eigenvalue weighted by atomic mass is 16.6. The van der Waals surface area contributed by atoms with Crippen LogP contribution in [0, 0.1) is 5.92 Å². The first kappa shape index (κ1) is 19.3. The fraction of sp³-hybridized carbons (Fsp3) is 0.812. The number of amides is 2. The number of carbonyl (C=O) groups is 3. The molecule has 7 nitrogen and oxygen atoms in total. The third kappa shape index (κ3) is 6.08. The van der Waals surface area contributed by atoms with Crippen LogP contribution >= 0.6 is 0 Å². The van der Waals surface area contributed by atoms with Crippen LogP contribution < -0.4 is 5.32 Å². The van der Waals surface area contributed by atoms with E-state index < -0.39 is 29.6 Å². The number of hydrogen-bond donors (Lipinski definition) is 2. The molecule has 1 rings (SSSR count). The Kier molecular flexibility index (Phi) is 6.84. The van der Waals surface area contributed by atoms with E-state index in [1.807, 2.05) is 6.92 Å². The molecule has 1 heterocycles. The van der Waals surface area contributed by atoms with Gasteiger partial charge in [-0.05, 0) is 40.0 Å². The quantitative estimate of drug-likeness (QED) is 0.777. The van der Waals surface area contributed by atoms with Crippen molar-refractivity contribution in [1.82, 2.24) is 10.2 Å². The summed E-state index contributed by atoms with van der Waals surface area (Å²) in [5.74, 6) is -2.38. The molecule has 2 amide bonds. The number of carboxylic acids is 1. The minimum atomic E-state index is -1.10. The van der Waals surface area contributed by atoms with Gasteiger partial charge in [0.2, 0.25) is 5.91 Å². The number of carbonyl (C=O) groups excluding carboxylic acids is 2.